The molecule has 0 bridgehead atoms. The van der Waals surface area contributed by atoms with E-state index in [9.17, 15) is 4.79 Å². The van der Waals surface area contributed by atoms with Gasteiger partial charge in [0.15, 0.2) is 0 Å². The first-order valence-electron chi connectivity index (χ1n) is 7.79. The van der Waals surface area contributed by atoms with Crippen LogP contribution in [0.5, 0.6) is 0 Å². The number of carbonyl (C=O) groups is 1. The molecule has 0 radical (unpaired) electrons. The van der Waals surface area contributed by atoms with E-state index >= 15 is 0 Å². The van der Waals surface area contributed by atoms with Gasteiger partial charge in [-0.3, -0.25) is 4.79 Å². The lowest BCUT2D eigenvalue weighted by Crippen LogP contribution is -2.23. The van der Waals surface area contributed by atoms with Crippen molar-refractivity contribution in [1.29, 1.82) is 0 Å². The third-order valence-corrected chi connectivity index (χ3v) is 4.58. The van der Waals surface area contributed by atoms with Crippen molar-refractivity contribution in [3.05, 3.63) is 39.9 Å². The molecule has 0 spiro atoms. The van der Waals surface area contributed by atoms with Gasteiger partial charge in [-0.25, -0.2) is 0 Å². The van der Waals surface area contributed by atoms with Crippen LogP contribution in [-0.4, -0.2) is 19.0 Å². The lowest BCUT2D eigenvalue weighted by atomic mass is 9.97. The van der Waals surface area contributed by atoms with Gasteiger partial charge in [0.2, 0.25) is 5.91 Å². The summed E-state index contributed by atoms with van der Waals surface area (Å²) in [6.45, 7) is 1.59. The van der Waals surface area contributed by atoms with Crippen molar-refractivity contribution in [3.8, 4) is 0 Å². The predicted molar refractivity (Wildman–Crippen MR) is 93.7 cm³/mol. The van der Waals surface area contributed by atoms with Crippen molar-refractivity contribution >= 4 is 34.8 Å². The highest BCUT2D eigenvalue weighted by Crippen LogP contribution is 2.29. The molecule has 1 amide bonds. The fourth-order valence-corrected chi connectivity index (χ4v) is 2.87. The predicted octanol–water partition coefficient (Wildman–Crippen LogP) is 4.80. The second-order valence-electron chi connectivity index (χ2n) is 5.51. The number of carbonyl (C=O) groups excluding carboxylic acids is 1. The third-order valence-electron chi connectivity index (χ3n) is 3.76. The number of anilines is 1. The Morgan fingerprint density at radius 2 is 2.05 bits per heavy atom. The highest BCUT2D eigenvalue weighted by molar-refractivity contribution is 6.43. The molecule has 0 aliphatic heterocycles. The molecule has 1 aromatic carbocycles. The number of hydrogen-bond donors (Lipinski definition) is 2. The van der Waals surface area contributed by atoms with Crippen LogP contribution in [0.1, 0.15) is 38.5 Å². The first-order chi connectivity index (χ1) is 10.7. The summed E-state index contributed by atoms with van der Waals surface area (Å²) >= 11 is 12.0. The molecule has 1 aliphatic rings. The van der Waals surface area contributed by atoms with E-state index in [0.29, 0.717) is 28.7 Å². The number of nitrogens with one attached hydrogen (secondary N) is 2. The highest BCUT2D eigenvalue weighted by Gasteiger charge is 2.08. The summed E-state index contributed by atoms with van der Waals surface area (Å²) in [5.41, 5.74) is 2.11. The maximum atomic E-state index is 11.9. The monoisotopic (exact) mass is 340 g/mol. The molecule has 0 saturated carbocycles. The zero-order valence-corrected chi connectivity index (χ0v) is 14.1. The normalized spacial score (nSPS) is 14.5. The fourth-order valence-electron chi connectivity index (χ4n) is 2.52. The molecule has 5 heteroatoms. The van der Waals surface area contributed by atoms with Crippen molar-refractivity contribution in [2.24, 2.45) is 0 Å². The van der Waals surface area contributed by atoms with Gasteiger partial charge < -0.3 is 10.6 Å². The highest BCUT2D eigenvalue weighted by atomic mass is 35.5. The zero-order chi connectivity index (χ0) is 15.8. The van der Waals surface area contributed by atoms with Crippen LogP contribution < -0.4 is 10.6 Å². The van der Waals surface area contributed by atoms with Crippen molar-refractivity contribution in [3.63, 3.8) is 0 Å². The van der Waals surface area contributed by atoms with Gasteiger partial charge in [0, 0.05) is 13.0 Å². The van der Waals surface area contributed by atoms with E-state index in [0.717, 1.165) is 13.0 Å². The average Bonchev–Trinajstić information content (AvgIpc) is 2.52. The van der Waals surface area contributed by atoms with Crippen molar-refractivity contribution in [1.82, 2.24) is 5.32 Å². The van der Waals surface area contributed by atoms with E-state index in [1.807, 2.05) is 0 Å². The molecule has 3 nitrogen and oxygen atoms in total. The maximum absolute atomic E-state index is 11.9. The van der Waals surface area contributed by atoms with E-state index in [-0.39, 0.29) is 5.91 Å². The molecule has 0 fully saturated rings. The summed E-state index contributed by atoms with van der Waals surface area (Å²) in [6.07, 6.45) is 8.95. The third kappa shape index (κ3) is 5.64. The molecule has 0 unspecified atom stereocenters. The summed E-state index contributed by atoms with van der Waals surface area (Å²) < 4.78 is 0. The van der Waals surface area contributed by atoms with Crippen LogP contribution in [0.2, 0.25) is 10.0 Å². The number of rotatable bonds is 7. The Morgan fingerprint density at radius 1 is 1.18 bits per heavy atom. The SMILES string of the molecule is O=C(CCNCCC1=CCCCC1)Nc1cccc(Cl)c1Cl. The molecule has 1 aromatic rings. The molecule has 2 N–H and O–H groups in total. The van der Waals surface area contributed by atoms with E-state index in [2.05, 4.69) is 16.7 Å². The van der Waals surface area contributed by atoms with Crippen LogP contribution in [0.25, 0.3) is 0 Å². The standard InChI is InChI=1S/C17H22Cl2N2O/c18-14-7-4-8-15(17(14)19)21-16(22)10-12-20-11-9-13-5-2-1-3-6-13/h4-5,7-8,20H,1-3,6,9-12H2,(H,21,22). The summed E-state index contributed by atoms with van der Waals surface area (Å²) in [5, 5.41) is 6.93. The minimum Gasteiger partial charge on any atom is -0.325 e. The Bertz CT molecular complexity index is 543. The molecule has 120 valence electrons. The summed E-state index contributed by atoms with van der Waals surface area (Å²) in [4.78, 5) is 11.9. The average molecular weight is 341 g/mol. The summed E-state index contributed by atoms with van der Waals surface area (Å²) in [6, 6.07) is 5.20. The molecule has 0 aromatic heterocycles. The topological polar surface area (TPSA) is 41.1 Å². The first kappa shape index (κ1) is 17.3. The molecule has 22 heavy (non-hydrogen) atoms. The Labute approximate surface area is 142 Å². The second-order valence-corrected chi connectivity index (χ2v) is 6.29. The molecular formula is C17H22Cl2N2O. The van der Waals surface area contributed by atoms with Gasteiger partial charge in [-0.1, -0.05) is 40.9 Å². The van der Waals surface area contributed by atoms with E-state index in [1.165, 1.54) is 25.7 Å². The lowest BCUT2D eigenvalue weighted by Gasteiger charge is -2.13. The van der Waals surface area contributed by atoms with Gasteiger partial charge >= 0.3 is 0 Å². The fraction of sp³-hybridized carbons (Fsp3) is 0.471. The molecule has 0 heterocycles. The lowest BCUT2D eigenvalue weighted by molar-refractivity contribution is -0.116. The van der Waals surface area contributed by atoms with Gasteiger partial charge in [0.25, 0.3) is 0 Å². The Kier molecular flexibility index (Phi) is 7.23. The van der Waals surface area contributed by atoms with Crippen molar-refractivity contribution in [2.75, 3.05) is 18.4 Å². The maximum Gasteiger partial charge on any atom is 0.225 e. The zero-order valence-electron chi connectivity index (χ0n) is 12.6. The van der Waals surface area contributed by atoms with Crippen LogP contribution in [-0.2, 0) is 4.79 Å². The van der Waals surface area contributed by atoms with Crippen LogP contribution in [0.15, 0.2) is 29.8 Å². The van der Waals surface area contributed by atoms with E-state index in [4.69, 9.17) is 23.2 Å². The minimum atomic E-state index is -0.0615. The number of halogens is 2. The number of benzene rings is 1. The molecular weight excluding hydrogens is 319 g/mol. The Morgan fingerprint density at radius 3 is 2.82 bits per heavy atom. The van der Waals surface area contributed by atoms with Crippen LogP contribution in [0.4, 0.5) is 5.69 Å². The van der Waals surface area contributed by atoms with Crippen molar-refractivity contribution in [2.45, 2.75) is 38.5 Å². The van der Waals surface area contributed by atoms with Gasteiger partial charge in [-0.2, -0.15) is 0 Å². The summed E-state index contributed by atoms with van der Waals surface area (Å²) in [7, 11) is 0. The first-order valence-corrected chi connectivity index (χ1v) is 8.55. The molecule has 0 atom stereocenters. The van der Waals surface area contributed by atoms with Crippen LogP contribution in [0, 0.1) is 0 Å². The number of hydrogen-bond acceptors (Lipinski definition) is 2. The van der Waals surface area contributed by atoms with Gasteiger partial charge in [0.1, 0.15) is 0 Å². The van der Waals surface area contributed by atoms with E-state index < -0.39 is 0 Å². The minimum absolute atomic E-state index is 0.0615. The van der Waals surface area contributed by atoms with Crippen LogP contribution >= 0.6 is 23.2 Å². The van der Waals surface area contributed by atoms with Gasteiger partial charge in [-0.15, -0.1) is 0 Å². The van der Waals surface area contributed by atoms with Crippen molar-refractivity contribution < 1.29 is 4.79 Å². The Balaban J connectivity index is 1.63. The second kappa shape index (κ2) is 9.19. The smallest absolute Gasteiger partial charge is 0.225 e. The van der Waals surface area contributed by atoms with E-state index in [1.54, 1.807) is 23.8 Å². The van der Waals surface area contributed by atoms with Crippen LogP contribution in [0.3, 0.4) is 0 Å². The largest absolute Gasteiger partial charge is 0.325 e. The number of amides is 1. The quantitative estimate of drug-likeness (QED) is 0.552. The number of allylic oxidation sites excluding steroid dienone is 1. The molecule has 2 rings (SSSR count). The molecule has 0 saturated heterocycles. The van der Waals surface area contributed by atoms with Gasteiger partial charge in [0.05, 0.1) is 15.7 Å². The molecule has 1 aliphatic carbocycles. The Hall–Kier alpha value is -1.03. The summed E-state index contributed by atoms with van der Waals surface area (Å²) in [5.74, 6) is -0.0615. The van der Waals surface area contributed by atoms with Gasteiger partial charge in [-0.05, 0) is 50.8 Å².